The van der Waals surface area contributed by atoms with Crippen molar-refractivity contribution in [1.29, 1.82) is 0 Å². The van der Waals surface area contributed by atoms with Crippen molar-refractivity contribution in [3.8, 4) is 11.1 Å². The molecule has 1 aliphatic heterocycles. The minimum Gasteiger partial charge on any atom is -0.348 e. The number of aliphatic imine (C=N–C) groups is 1. The molecule has 3 aliphatic carbocycles. The molecule has 0 bridgehead atoms. The van der Waals surface area contributed by atoms with Crippen molar-refractivity contribution in [1.82, 2.24) is 19.8 Å². The van der Waals surface area contributed by atoms with E-state index < -0.39 is 17.4 Å². The second kappa shape index (κ2) is 14.8. The summed E-state index contributed by atoms with van der Waals surface area (Å²) in [6.07, 6.45) is 13.7. The van der Waals surface area contributed by atoms with Crippen molar-refractivity contribution < 1.29 is 0 Å². The molecule has 5 heteroatoms. The van der Waals surface area contributed by atoms with Crippen molar-refractivity contribution in [3.05, 3.63) is 245 Å². The Morgan fingerprint density at radius 3 is 1.83 bits per heavy atom. The Hall–Kier alpha value is -7.47. The number of rotatable bonds is 6. The highest BCUT2D eigenvalue weighted by molar-refractivity contribution is 6.23. The molecule has 0 fully saturated rings. The summed E-state index contributed by atoms with van der Waals surface area (Å²) in [6, 6.07) is 65.0. The van der Waals surface area contributed by atoms with Crippen molar-refractivity contribution in [3.63, 3.8) is 0 Å². The first kappa shape index (κ1) is 38.9. The molecule has 6 unspecified atom stereocenters. The Morgan fingerprint density at radius 2 is 1.14 bits per heavy atom. The number of nitrogens with one attached hydrogen (secondary N) is 2. The Balaban J connectivity index is 1.13. The topological polar surface area (TPSA) is 46.3 Å². The van der Waals surface area contributed by atoms with Gasteiger partial charge in [-0.1, -0.05) is 208 Å². The van der Waals surface area contributed by atoms with Crippen molar-refractivity contribution in [2.75, 3.05) is 0 Å². The average molecular weight is 854 g/mol. The molecule has 4 aliphatic rings. The Labute approximate surface area is 386 Å². The zero-order valence-corrected chi connectivity index (χ0v) is 37.4. The molecule has 5 nitrogen and oxygen atoms in total. The highest BCUT2D eigenvalue weighted by Gasteiger charge is 2.53. The van der Waals surface area contributed by atoms with Crippen molar-refractivity contribution >= 4 is 44.6 Å². The van der Waals surface area contributed by atoms with Crippen LogP contribution in [0.15, 0.2) is 211 Å². The van der Waals surface area contributed by atoms with Crippen LogP contribution in [0.2, 0.25) is 0 Å². The number of allylic oxidation sites excluding steroid dienone is 5. The van der Waals surface area contributed by atoms with Crippen LogP contribution in [0, 0.1) is 11.8 Å². The molecule has 7 aromatic carbocycles. The molecular weight excluding hydrogens is 803 g/mol. The Kier molecular flexibility index (Phi) is 8.72. The van der Waals surface area contributed by atoms with Crippen LogP contribution < -0.4 is 10.6 Å². The number of para-hydroxylation sites is 1. The summed E-state index contributed by atoms with van der Waals surface area (Å²) in [5.74, 6) is 1.30. The number of aromatic nitrogens is 2. The van der Waals surface area contributed by atoms with Gasteiger partial charge < -0.3 is 14.5 Å². The maximum absolute atomic E-state index is 5.72. The minimum absolute atomic E-state index is 0.0432. The third-order valence-corrected chi connectivity index (χ3v) is 15.4. The van der Waals surface area contributed by atoms with Crippen LogP contribution >= 0.6 is 0 Å². The second-order valence-electron chi connectivity index (χ2n) is 18.9. The lowest BCUT2D eigenvalue weighted by molar-refractivity contribution is 0.228. The van der Waals surface area contributed by atoms with Crippen LogP contribution in [0.25, 0.3) is 49.9 Å². The van der Waals surface area contributed by atoms with E-state index in [0.29, 0.717) is 5.92 Å². The number of fused-ring (bicyclic) bond motifs is 10. The molecular formula is C61H51N5. The lowest BCUT2D eigenvalue weighted by Crippen LogP contribution is -2.59. The number of hydrogen-bond donors (Lipinski definition) is 2. The first-order valence-electron chi connectivity index (χ1n) is 23.6. The van der Waals surface area contributed by atoms with Crippen LogP contribution in [0.5, 0.6) is 0 Å². The van der Waals surface area contributed by atoms with Gasteiger partial charge in [0.1, 0.15) is 11.5 Å². The Bertz CT molecular complexity index is 3450. The van der Waals surface area contributed by atoms with Gasteiger partial charge in [0, 0.05) is 50.3 Å². The summed E-state index contributed by atoms with van der Waals surface area (Å²) in [5, 5.41) is 11.9. The van der Waals surface area contributed by atoms with E-state index >= 15 is 0 Å². The first-order valence-corrected chi connectivity index (χ1v) is 23.6. The molecule has 320 valence electrons. The molecule has 0 saturated heterocycles. The summed E-state index contributed by atoms with van der Waals surface area (Å²) in [4.78, 5) is 5.72. The lowest BCUT2D eigenvalue weighted by atomic mass is 9.59. The predicted octanol–water partition coefficient (Wildman–Crippen LogP) is 13.8. The number of hydrogen-bond acceptors (Lipinski definition) is 3. The summed E-state index contributed by atoms with van der Waals surface area (Å²) >= 11 is 0. The quantitative estimate of drug-likeness (QED) is 0.175. The molecule has 2 N–H and O–H groups in total. The fourth-order valence-corrected chi connectivity index (χ4v) is 12.6. The molecule has 6 atom stereocenters. The summed E-state index contributed by atoms with van der Waals surface area (Å²) in [7, 11) is 0. The van der Waals surface area contributed by atoms with E-state index in [-0.39, 0.29) is 17.9 Å². The molecule has 66 heavy (non-hydrogen) atoms. The number of nitrogens with zero attached hydrogens (tertiary/aromatic N) is 3. The van der Waals surface area contributed by atoms with E-state index in [9.17, 15) is 0 Å². The monoisotopic (exact) mass is 853 g/mol. The van der Waals surface area contributed by atoms with Crippen molar-refractivity contribution in [2.45, 2.75) is 50.1 Å². The fourth-order valence-electron chi connectivity index (χ4n) is 12.6. The molecule has 2 aromatic heterocycles. The van der Waals surface area contributed by atoms with Gasteiger partial charge in [0.15, 0.2) is 6.29 Å². The Morgan fingerprint density at radius 1 is 0.545 bits per heavy atom. The van der Waals surface area contributed by atoms with E-state index in [1.54, 1.807) is 0 Å². The van der Waals surface area contributed by atoms with E-state index in [1.807, 2.05) is 0 Å². The minimum atomic E-state index is -0.652. The zero-order valence-electron chi connectivity index (χ0n) is 37.4. The van der Waals surface area contributed by atoms with Crippen LogP contribution in [-0.4, -0.2) is 15.0 Å². The summed E-state index contributed by atoms with van der Waals surface area (Å²) < 4.78 is 5.18. The highest BCUT2D eigenvalue weighted by atomic mass is 15.4. The van der Waals surface area contributed by atoms with Crippen LogP contribution in [-0.2, 0) is 11.1 Å². The fraction of sp³-hybridized carbons (Fsp3) is 0.164. The number of benzene rings is 7. The van der Waals surface area contributed by atoms with E-state index in [4.69, 9.17) is 4.99 Å². The maximum atomic E-state index is 5.72. The molecule has 0 amide bonds. The average Bonchev–Trinajstić information content (AvgIpc) is 4.00. The largest absolute Gasteiger partial charge is 0.348 e. The molecule has 9 aromatic rings. The van der Waals surface area contributed by atoms with Gasteiger partial charge >= 0.3 is 0 Å². The first-order chi connectivity index (χ1) is 32.5. The molecule has 3 heterocycles. The normalized spacial score (nSPS) is 23.7. The van der Waals surface area contributed by atoms with Gasteiger partial charge in [-0.2, -0.15) is 0 Å². The predicted molar refractivity (Wildman–Crippen MR) is 273 cm³/mol. The molecule has 0 spiro atoms. The van der Waals surface area contributed by atoms with Gasteiger partial charge in [-0.15, -0.1) is 0 Å². The highest BCUT2D eigenvalue weighted by Crippen LogP contribution is 2.61. The second-order valence-corrected chi connectivity index (χ2v) is 18.9. The van der Waals surface area contributed by atoms with Gasteiger partial charge in [-0.25, -0.2) is 4.99 Å². The van der Waals surface area contributed by atoms with Crippen LogP contribution in [0.3, 0.4) is 0 Å². The van der Waals surface area contributed by atoms with E-state index in [2.05, 4.69) is 253 Å². The van der Waals surface area contributed by atoms with Crippen molar-refractivity contribution in [2.24, 2.45) is 16.8 Å². The molecule has 13 rings (SSSR count). The third kappa shape index (κ3) is 5.47. The zero-order chi connectivity index (χ0) is 44.1. The summed E-state index contributed by atoms with van der Waals surface area (Å²) in [6.45, 7) is 7.08. The van der Waals surface area contributed by atoms with Gasteiger partial charge in [-0.05, 0) is 64.4 Å². The lowest BCUT2D eigenvalue weighted by Gasteiger charge is -2.45. The van der Waals surface area contributed by atoms with Gasteiger partial charge in [0.05, 0.1) is 22.5 Å². The third-order valence-electron chi connectivity index (χ3n) is 15.4. The maximum Gasteiger partial charge on any atom is 0.184 e. The number of amidine groups is 1. The van der Waals surface area contributed by atoms with Crippen LogP contribution in [0.1, 0.15) is 78.1 Å². The van der Waals surface area contributed by atoms with Crippen LogP contribution in [0.4, 0.5) is 0 Å². The SMILES string of the molecule is CC1C=CC=CC1n1c2ccccc2c2c3c4c(n(C5N=C(c6ccccc6)NC(C)(c6ccccc6)N5)c3ccc21)C(C)C(C1(c2ccccc2)c2ccccc2-c2ccccc21)C=C4. The van der Waals surface area contributed by atoms with Gasteiger partial charge in [0.2, 0.25) is 0 Å². The summed E-state index contributed by atoms with van der Waals surface area (Å²) in [5.41, 5.74) is 14.0. The smallest absolute Gasteiger partial charge is 0.184 e. The molecule has 0 saturated carbocycles. The van der Waals surface area contributed by atoms with E-state index in [0.717, 1.165) is 17.0 Å². The standard InChI is InChI=1S/C61H51N5/c1-39-21-13-19-33-51(39)65-52-34-20-16-30-46(52)55-53(65)37-38-54-56(55)47-35-36-48(61(43-26-11-6-12-27-43)49-31-17-14-28-44(49)45-29-15-18-32-50(45)61)40(2)57(47)66(54)59-62-58(41-22-7-4-8-23-41)63-60(3,64-59)42-24-9-5-10-25-42/h4-40,48,51,59,64H,1-3H3,(H,62,63). The molecule has 0 radical (unpaired) electrons. The van der Waals surface area contributed by atoms with Gasteiger partial charge in [-0.3, -0.25) is 5.32 Å². The van der Waals surface area contributed by atoms with E-state index in [1.165, 1.54) is 71.8 Å². The van der Waals surface area contributed by atoms with Gasteiger partial charge in [0.25, 0.3) is 0 Å².